The van der Waals surface area contributed by atoms with E-state index in [9.17, 15) is 0 Å². The van der Waals surface area contributed by atoms with Gasteiger partial charge in [0, 0.05) is 15.7 Å². The van der Waals surface area contributed by atoms with Gasteiger partial charge in [-0.15, -0.1) is 0 Å². The fraction of sp³-hybridized carbons (Fsp3) is 0.467. The van der Waals surface area contributed by atoms with Gasteiger partial charge in [0.05, 0.1) is 0 Å². The molecule has 0 amide bonds. The molecule has 0 radical (unpaired) electrons. The summed E-state index contributed by atoms with van der Waals surface area (Å²) in [6.07, 6.45) is 8.73. The van der Waals surface area contributed by atoms with Gasteiger partial charge in [0.2, 0.25) is 0 Å². The Bertz CT molecular complexity index is 544. The lowest BCUT2D eigenvalue weighted by Gasteiger charge is -2.20. The molecule has 3 nitrogen and oxygen atoms in total. The van der Waals surface area contributed by atoms with E-state index in [0.29, 0.717) is 0 Å². The van der Waals surface area contributed by atoms with Crippen molar-refractivity contribution in [2.45, 2.75) is 38.6 Å². The molecular formula is C15H18IN3. The largest absolute Gasteiger partial charge is 0.252 e. The van der Waals surface area contributed by atoms with Crippen LogP contribution in [0.4, 0.5) is 0 Å². The van der Waals surface area contributed by atoms with Crippen molar-refractivity contribution in [2.75, 3.05) is 0 Å². The van der Waals surface area contributed by atoms with Gasteiger partial charge in [-0.25, -0.2) is 4.98 Å². The van der Waals surface area contributed by atoms with Gasteiger partial charge in [-0.1, -0.05) is 31.4 Å². The highest BCUT2D eigenvalue weighted by Crippen LogP contribution is 2.25. The molecule has 1 heterocycles. The molecule has 0 atom stereocenters. The Labute approximate surface area is 127 Å². The highest BCUT2D eigenvalue weighted by atomic mass is 127. The third kappa shape index (κ3) is 3.35. The van der Waals surface area contributed by atoms with E-state index >= 15 is 0 Å². The monoisotopic (exact) mass is 367 g/mol. The molecular weight excluding hydrogens is 349 g/mol. The van der Waals surface area contributed by atoms with Crippen molar-refractivity contribution in [3.05, 3.63) is 34.2 Å². The molecule has 19 heavy (non-hydrogen) atoms. The minimum atomic E-state index is 0.791. The van der Waals surface area contributed by atoms with Gasteiger partial charge >= 0.3 is 0 Å². The Kier molecular flexibility index (Phi) is 4.15. The number of hydrogen-bond donors (Lipinski definition) is 0. The van der Waals surface area contributed by atoms with Crippen LogP contribution in [0.2, 0.25) is 0 Å². The number of aromatic nitrogens is 3. The van der Waals surface area contributed by atoms with Crippen molar-refractivity contribution in [1.82, 2.24) is 14.8 Å². The minimum absolute atomic E-state index is 0.791. The van der Waals surface area contributed by atoms with Crippen LogP contribution >= 0.6 is 22.6 Å². The minimum Gasteiger partial charge on any atom is -0.252 e. The van der Waals surface area contributed by atoms with E-state index in [1.54, 1.807) is 0 Å². The van der Waals surface area contributed by atoms with Crippen LogP contribution in [0, 0.1) is 9.49 Å². The second-order valence-electron chi connectivity index (χ2n) is 5.30. The van der Waals surface area contributed by atoms with Gasteiger partial charge in [-0.3, -0.25) is 4.68 Å². The standard InChI is InChI=1S/C15H18IN3/c16-14-8-4-7-13(9-14)15-17-11-19(18-15)10-12-5-2-1-3-6-12/h4,7-9,11-12H,1-3,5-6,10H2. The summed E-state index contributed by atoms with van der Waals surface area (Å²) >= 11 is 2.32. The molecule has 2 aromatic rings. The molecule has 0 aliphatic heterocycles. The Morgan fingerprint density at radius 3 is 2.84 bits per heavy atom. The first kappa shape index (κ1) is 13.1. The van der Waals surface area contributed by atoms with Crippen molar-refractivity contribution < 1.29 is 0 Å². The predicted molar refractivity (Wildman–Crippen MR) is 84.8 cm³/mol. The van der Waals surface area contributed by atoms with Crippen molar-refractivity contribution in [2.24, 2.45) is 5.92 Å². The summed E-state index contributed by atoms with van der Waals surface area (Å²) in [5.41, 5.74) is 1.11. The zero-order valence-corrected chi connectivity index (χ0v) is 13.1. The van der Waals surface area contributed by atoms with Crippen LogP contribution in [0.25, 0.3) is 11.4 Å². The first-order valence-corrected chi connectivity index (χ1v) is 8.04. The quantitative estimate of drug-likeness (QED) is 0.764. The van der Waals surface area contributed by atoms with E-state index in [1.165, 1.54) is 35.7 Å². The molecule has 0 spiro atoms. The zero-order valence-electron chi connectivity index (χ0n) is 10.9. The molecule has 1 aliphatic carbocycles. The zero-order chi connectivity index (χ0) is 13.1. The third-order valence-electron chi connectivity index (χ3n) is 3.79. The summed E-state index contributed by atoms with van der Waals surface area (Å²) in [4.78, 5) is 4.44. The molecule has 3 rings (SSSR count). The van der Waals surface area contributed by atoms with Gasteiger partial charge in [-0.05, 0) is 53.5 Å². The summed E-state index contributed by atoms with van der Waals surface area (Å²) < 4.78 is 3.24. The topological polar surface area (TPSA) is 30.7 Å². The molecule has 1 saturated carbocycles. The lowest BCUT2D eigenvalue weighted by molar-refractivity contribution is 0.308. The number of rotatable bonds is 3. The van der Waals surface area contributed by atoms with Crippen LogP contribution < -0.4 is 0 Å². The highest BCUT2D eigenvalue weighted by Gasteiger charge is 2.15. The second-order valence-corrected chi connectivity index (χ2v) is 6.55. The predicted octanol–water partition coefficient (Wildman–Crippen LogP) is 4.13. The molecule has 1 aromatic carbocycles. The SMILES string of the molecule is Ic1cccc(-c2ncn(CC3CCCCC3)n2)c1. The maximum Gasteiger partial charge on any atom is 0.181 e. The Balaban J connectivity index is 1.72. The Morgan fingerprint density at radius 2 is 2.05 bits per heavy atom. The van der Waals surface area contributed by atoms with Crippen LogP contribution in [0.15, 0.2) is 30.6 Å². The fourth-order valence-electron chi connectivity index (χ4n) is 2.78. The van der Waals surface area contributed by atoms with Crippen LogP contribution in [0.5, 0.6) is 0 Å². The van der Waals surface area contributed by atoms with Gasteiger partial charge < -0.3 is 0 Å². The van der Waals surface area contributed by atoms with E-state index in [-0.39, 0.29) is 0 Å². The maximum atomic E-state index is 4.62. The van der Waals surface area contributed by atoms with E-state index in [1.807, 2.05) is 11.0 Å². The van der Waals surface area contributed by atoms with Gasteiger partial charge in [-0.2, -0.15) is 5.10 Å². The molecule has 0 N–H and O–H groups in total. The number of halogens is 1. The molecule has 1 aliphatic rings. The fourth-order valence-corrected chi connectivity index (χ4v) is 3.32. The van der Waals surface area contributed by atoms with Crippen LogP contribution in [-0.4, -0.2) is 14.8 Å². The molecule has 4 heteroatoms. The summed E-state index contributed by atoms with van der Waals surface area (Å²) in [5, 5.41) is 4.62. The smallest absolute Gasteiger partial charge is 0.181 e. The molecule has 1 fully saturated rings. The van der Waals surface area contributed by atoms with Gasteiger partial charge in [0.1, 0.15) is 6.33 Å². The summed E-state index contributed by atoms with van der Waals surface area (Å²) in [6, 6.07) is 8.34. The Hall–Kier alpha value is -0.910. The van der Waals surface area contributed by atoms with Gasteiger partial charge in [0.15, 0.2) is 5.82 Å². The van der Waals surface area contributed by atoms with Crippen molar-refractivity contribution in [3.63, 3.8) is 0 Å². The van der Waals surface area contributed by atoms with Crippen LogP contribution in [-0.2, 0) is 6.54 Å². The van der Waals surface area contributed by atoms with E-state index in [0.717, 1.165) is 23.9 Å². The van der Waals surface area contributed by atoms with E-state index in [4.69, 9.17) is 0 Å². The summed E-state index contributed by atoms with van der Waals surface area (Å²) in [5.74, 6) is 1.63. The lowest BCUT2D eigenvalue weighted by atomic mass is 9.89. The summed E-state index contributed by atoms with van der Waals surface area (Å²) in [7, 11) is 0. The van der Waals surface area contributed by atoms with Crippen molar-refractivity contribution in [3.8, 4) is 11.4 Å². The van der Waals surface area contributed by atoms with E-state index < -0.39 is 0 Å². The first-order chi connectivity index (χ1) is 9.31. The van der Waals surface area contributed by atoms with Crippen molar-refractivity contribution >= 4 is 22.6 Å². The number of hydrogen-bond acceptors (Lipinski definition) is 2. The average Bonchev–Trinajstić information content (AvgIpc) is 2.88. The molecule has 1 aromatic heterocycles. The van der Waals surface area contributed by atoms with Gasteiger partial charge in [0.25, 0.3) is 0 Å². The van der Waals surface area contributed by atoms with Crippen molar-refractivity contribution in [1.29, 1.82) is 0 Å². The number of nitrogens with zero attached hydrogens (tertiary/aromatic N) is 3. The average molecular weight is 367 g/mol. The maximum absolute atomic E-state index is 4.62. The molecule has 0 unspecified atom stereocenters. The Morgan fingerprint density at radius 1 is 1.21 bits per heavy atom. The highest BCUT2D eigenvalue weighted by molar-refractivity contribution is 14.1. The third-order valence-corrected chi connectivity index (χ3v) is 4.46. The molecule has 0 saturated heterocycles. The lowest BCUT2D eigenvalue weighted by Crippen LogP contribution is -2.14. The first-order valence-electron chi connectivity index (χ1n) is 6.96. The van der Waals surface area contributed by atoms with Crippen LogP contribution in [0.3, 0.4) is 0 Å². The summed E-state index contributed by atoms with van der Waals surface area (Å²) in [6.45, 7) is 1.02. The second kappa shape index (κ2) is 6.03. The molecule has 0 bridgehead atoms. The normalized spacial score (nSPS) is 16.7. The number of benzene rings is 1. The van der Waals surface area contributed by atoms with Crippen LogP contribution in [0.1, 0.15) is 32.1 Å². The molecule has 100 valence electrons. The van der Waals surface area contributed by atoms with E-state index in [2.05, 4.69) is 56.9 Å².